The van der Waals surface area contributed by atoms with Gasteiger partial charge in [0.05, 0.1) is 10.6 Å². The third-order valence-corrected chi connectivity index (χ3v) is 3.47. The number of aromatic nitrogens is 1. The number of rotatable bonds is 2. The Morgan fingerprint density at radius 2 is 2.00 bits per heavy atom. The fourth-order valence-electron chi connectivity index (χ4n) is 1.19. The molecular weight excluding hydrogens is 240 g/mol. The van der Waals surface area contributed by atoms with E-state index in [9.17, 15) is 0 Å². The highest BCUT2D eigenvalue weighted by molar-refractivity contribution is 7.99. The van der Waals surface area contributed by atoms with Gasteiger partial charge in [0.2, 0.25) is 0 Å². The van der Waals surface area contributed by atoms with Gasteiger partial charge in [-0.15, -0.1) is 0 Å². The van der Waals surface area contributed by atoms with Crippen LogP contribution in [0.15, 0.2) is 52.5 Å². The molecule has 2 aromatic rings. The molecule has 0 aliphatic carbocycles. The molecule has 0 saturated heterocycles. The van der Waals surface area contributed by atoms with E-state index in [4.69, 9.17) is 16.9 Å². The Labute approximate surface area is 103 Å². The molecule has 0 amide bonds. The van der Waals surface area contributed by atoms with Crippen LogP contribution in [0.5, 0.6) is 0 Å². The lowest BCUT2D eigenvalue weighted by Gasteiger charge is -2.03. The first-order valence-corrected chi connectivity index (χ1v) is 5.78. The van der Waals surface area contributed by atoms with Gasteiger partial charge >= 0.3 is 0 Å². The van der Waals surface area contributed by atoms with Crippen molar-refractivity contribution in [2.45, 2.75) is 9.92 Å². The van der Waals surface area contributed by atoms with Gasteiger partial charge in [-0.2, -0.15) is 5.26 Å². The van der Waals surface area contributed by atoms with Crippen molar-refractivity contribution >= 4 is 23.4 Å². The van der Waals surface area contributed by atoms with Crippen molar-refractivity contribution < 1.29 is 0 Å². The molecule has 0 atom stereocenters. The number of nitriles is 1. The Morgan fingerprint density at radius 1 is 1.19 bits per heavy atom. The molecule has 0 unspecified atom stereocenters. The summed E-state index contributed by atoms with van der Waals surface area (Å²) in [5.74, 6) is 0. The van der Waals surface area contributed by atoms with Crippen LogP contribution in [0.1, 0.15) is 5.56 Å². The van der Waals surface area contributed by atoms with Crippen molar-refractivity contribution in [3.63, 3.8) is 0 Å². The second kappa shape index (κ2) is 5.02. The number of halogens is 1. The molecule has 0 N–H and O–H groups in total. The van der Waals surface area contributed by atoms with E-state index in [-0.39, 0.29) is 0 Å². The predicted octanol–water partition coefficient (Wildman–Crippen LogP) is 3.76. The van der Waals surface area contributed by atoms with Gasteiger partial charge < -0.3 is 0 Å². The van der Waals surface area contributed by atoms with Crippen LogP contribution in [0.25, 0.3) is 0 Å². The summed E-state index contributed by atoms with van der Waals surface area (Å²) in [7, 11) is 0. The Kier molecular flexibility index (Phi) is 3.45. The SMILES string of the molecule is N#Cc1cccnc1Sc1ccccc1Cl. The largest absolute Gasteiger partial charge is 0.248 e. The van der Waals surface area contributed by atoms with Crippen LogP contribution in [0, 0.1) is 11.3 Å². The third kappa shape index (κ3) is 2.35. The molecule has 0 fully saturated rings. The summed E-state index contributed by atoms with van der Waals surface area (Å²) in [5, 5.41) is 10.3. The number of nitrogens with zero attached hydrogens (tertiary/aromatic N) is 2. The smallest absolute Gasteiger partial charge is 0.119 e. The van der Waals surface area contributed by atoms with E-state index >= 15 is 0 Å². The number of hydrogen-bond acceptors (Lipinski definition) is 3. The summed E-state index contributed by atoms with van der Waals surface area (Å²) in [6.45, 7) is 0. The van der Waals surface area contributed by atoms with Crippen LogP contribution >= 0.6 is 23.4 Å². The van der Waals surface area contributed by atoms with Crippen LogP contribution in [-0.2, 0) is 0 Å². The molecule has 0 bridgehead atoms. The van der Waals surface area contributed by atoms with E-state index < -0.39 is 0 Å². The standard InChI is InChI=1S/C12H7ClN2S/c13-10-5-1-2-6-11(10)16-12-9(8-14)4-3-7-15-12/h1-7H. The fourth-order valence-corrected chi connectivity index (χ4v) is 2.30. The zero-order valence-electron chi connectivity index (χ0n) is 8.22. The van der Waals surface area contributed by atoms with E-state index in [1.807, 2.05) is 24.3 Å². The molecule has 1 aromatic heterocycles. The first kappa shape index (κ1) is 11.0. The van der Waals surface area contributed by atoms with Gasteiger partial charge in [0.1, 0.15) is 11.1 Å². The summed E-state index contributed by atoms with van der Waals surface area (Å²) in [4.78, 5) is 5.07. The molecule has 1 heterocycles. The third-order valence-electron chi connectivity index (χ3n) is 1.93. The van der Waals surface area contributed by atoms with Crippen molar-refractivity contribution in [1.29, 1.82) is 5.26 Å². The van der Waals surface area contributed by atoms with Crippen LogP contribution in [0.4, 0.5) is 0 Å². The fraction of sp³-hybridized carbons (Fsp3) is 0. The highest BCUT2D eigenvalue weighted by Crippen LogP contribution is 2.33. The van der Waals surface area contributed by atoms with Gasteiger partial charge in [-0.3, -0.25) is 0 Å². The van der Waals surface area contributed by atoms with E-state index in [1.165, 1.54) is 11.8 Å². The summed E-state index contributed by atoms with van der Waals surface area (Å²) in [6, 6.07) is 13.1. The summed E-state index contributed by atoms with van der Waals surface area (Å²) in [5.41, 5.74) is 0.562. The van der Waals surface area contributed by atoms with Gasteiger partial charge in [-0.25, -0.2) is 4.98 Å². The van der Waals surface area contributed by atoms with Gasteiger partial charge in [0, 0.05) is 11.1 Å². The van der Waals surface area contributed by atoms with Crippen LogP contribution in [0.2, 0.25) is 5.02 Å². The minimum atomic E-state index is 0.562. The lowest BCUT2D eigenvalue weighted by molar-refractivity contribution is 1.11. The highest BCUT2D eigenvalue weighted by Gasteiger charge is 2.06. The average Bonchev–Trinajstić information content (AvgIpc) is 2.33. The van der Waals surface area contributed by atoms with Crippen molar-refractivity contribution in [2.24, 2.45) is 0 Å². The Balaban J connectivity index is 2.35. The molecule has 16 heavy (non-hydrogen) atoms. The minimum absolute atomic E-state index is 0.562. The number of hydrogen-bond donors (Lipinski definition) is 0. The molecule has 2 rings (SSSR count). The Hall–Kier alpha value is -1.50. The quantitative estimate of drug-likeness (QED) is 0.810. The monoisotopic (exact) mass is 246 g/mol. The molecular formula is C12H7ClN2S. The van der Waals surface area contributed by atoms with Gasteiger partial charge in [-0.1, -0.05) is 35.5 Å². The van der Waals surface area contributed by atoms with Crippen molar-refractivity contribution in [3.05, 3.63) is 53.2 Å². The van der Waals surface area contributed by atoms with E-state index in [2.05, 4.69) is 11.1 Å². The molecule has 0 spiro atoms. The molecule has 0 aliphatic heterocycles. The summed E-state index contributed by atoms with van der Waals surface area (Å²) in [6.07, 6.45) is 1.67. The first-order chi connectivity index (χ1) is 7.81. The maximum absolute atomic E-state index is 8.93. The van der Waals surface area contributed by atoms with Crippen LogP contribution < -0.4 is 0 Å². The maximum atomic E-state index is 8.93. The average molecular weight is 247 g/mol. The van der Waals surface area contributed by atoms with Gasteiger partial charge in [0.25, 0.3) is 0 Å². The topological polar surface area (TPSA) is 36.7 Å². The lowest BCUT2D eigenvalue weighted by Crippen LogP contribution is -1.85. The molecule has 0 aliphatic rings. The number of benzene rings is 1. The van der Waals surface area contributed by atoms with Crippen LogP contribution in [-0.4, -0.2) is 4.98 Å². The van der Waals surface area contributed by atoms with Gasteiger partial charge in [-0.05, 0) is 24.3 Å². The van der Waals surface area contributed by atoms with E-state index in [1.54, 1.807) is 18.3 Å². The molecule has 4 heteroatoms. The second-order valence-electron chi connectivity index (χ2n) is 3.00. The van der Waals surface area contributed by atoms with Crippen molar-refractivity contribution in [1.82, 2.24) is 4.98 Å². The maximum Gasteiger partial charge on any atom is 0.119 e. The molecule has 0 saturated carbocycles. The van der Waals surface area contributed by atoms with Crippen LogP contribution in [0.3, 0.4) is 0 Å². The van der Waals surface area contributed by atoms with Gasteiger partial charge in [0.15, 0.2) is 0 Å². The summed E-state index contributed by atoms with van der Waals surface area (Å²) < 4.78 is 0. The first-order valence-electron chi connectivity index (χ1n) is 4.59. The van der Waals surface area contributed by atoms with Crippen molar-refractivity contribution in [2.75, 3.05) is 0 Å². The number of pyridine rings is 1. The predicted molar refractivity (Wildman–Crippen MR) is 64.5 cm³/mol. The zero-order chi connectivity index (χ0) is 11.4. The lowest BCUT2D eigenvalue weighted by atomic mass is 10.3. The summed E-state index contributed by atoms with van der Waals surface area (Å²) >= 11 is 7.44. The van der Waals surface area contributed by atoms with E-state index in [0.29, 0.717) is 15.6 Å². The van der Waals surface area contributed by atoms with E-state index in [0.717, 1.165) is 4.90 Å². The molecule has 78 valence electrons. The van der Waals surface area contributed by atoms with Crippen molar-refractivity contribution in [3.8, 4) is 6.07 Å². The minimum Gasteiger partial charge on any atom is -0.248 e. The molecule has 1 aromatic carbocycles. The highest BCUT2D eigenvalue weighted by atomic mass is 35.5. The molecule has 2 nitrogen and oxygen atoms in total. The Morgan fingerprint density at radius 3 is 2.75 bits per heavy atom. The molecule has 0 radical (unpaired) electrons. The second-order valence-corrected chi connectivity index (χ2v) is 4.44. The zero-order valence-corrected chi connectivity index (χ0v) is 9.79. The Bertz CT molecular complexity index is 549. The normalized spacial score (nSPS) is 9.75.